The third-order valence-electron chi connectivity index (χ3n) is 4.28. The Hall–Kier alpha value is -0.610. The molecule has 0 saturated heterocycles. The van der Waals surface area contributed by atoms with E-state index in [0.717, 1.165) is 18.4 Å². The van der Waals surface area contributed by atoms with Crippen molar-refractivity contribution in [1.29, 1.82) is 0 Å². The number of thiazole rings is 1. The molecule has 0 spiro atoms. The van der Waals surface area contributed by atoms with E-state index in [1.54, 1.807) is 0 Å². The molecule has 3 rings (SSSR count). The Morgan fingerprint density at radius 2 is 1.95 bits per heavy atom. The highest BCUT2D eigenvalue weighted by Crippen LogP contribution is 2.36. The van der Waals surface area contributed by atoms with Crippen LogP contribution in [-0.4, -0.2) is 24.6 Å². The molecule has 0 aromatic carbocycles. The maximum atomic E-state index is 4.91. The van der Waals surface area contributed by atoms with Crippen LogP contribution in [0.5, 0.6) is 0 Å². The van der Waals surface area contributed by atoms with Gasteiger partial charge >= 0.3 is 0 Å². The minimum absolute atomic E-state index is 0.378. The second-order valence-electron chi connectivity index (χ2n) is 6.52. The fourth-order valence-corrected chi connectivity index (χ4v) is 3.48. The molecule has 0 aliphatic heterocycles. The van der Waals surface area contributed by atoms with Crippen molar-refractivity contribution in [2.24, 2.45) is 11.8 Å². The van der Waals surface area contributed by atoms with Crippen molar-refractivity contribution >= 4 is 16.5 Å². The normalized spacial score (nSPS) is 20.1. The van der Waals surface area contributed by atoms with E-state index in [1.807, 2.05) is 11.3 Å². The predicted molar refractivity (Wildman–Crippen MR) is 86.5 cm³/mol. The lowest BCUT2D eigenvalue weighted by Gasteiger charge is -2.21. The van der Waals surface area contributed by atoms with Gasteiger partial charge in [0, 0.05) is 24.5 Å². The van der Waals surface area contributed by atoms with Crippen molar-refractivity contribution in [3.8, 4) is 0 Å². The molecule has 1 unspecified atom stereocenters. The van der Waals surface area contributed by atoms with Crippen LogP contribution in [0.3, 0.4) is 0 Å². The van der Waals surface area contributed by atoms with Crippen molar-refractivity contribution in [3.05, 3.63) is 11.1 Å². The minimum atomic E-state index is 0.378. The molecule has 1 aromatic rings. The highest BCUT2D eigenvalue weighted by Gasteiger charge is 2.30. The molecule has 1 aromatic heterocycles. The summed E-state index contributed by atoms with van der Waals surface area (Å²) in [5, 5.41) is 7.03. The average Bonchev–Trinajstić information content (AvgIpc) is 3.37. The number of hydrogen-bond donors (Lipinski definition) is 1. The molecule has 2 aliphatic rings. The van der Waals surface area contributed by atoms with E-state index >= 15 is 0 Å². The third-order valence-corrected chi connectivity index (χ3v) is 5.20. The zero-order chi connectivity index (χ0) is 13.9. The van der Waals surface area contributed by atoms with Crippen LogP contribution in [0.2, 0.25) is 0 Å². The van der Waals surface area contributed by atoms with Gasteiger partial charge in [-0.3, -0.25) is 0 Å². The molecule has 4 heteroatoms. The number of hydrogen-bond acceptors (Lipinski definition) is 4. The van der Waals surface area contributed by atoms with Crippen LogP contribution < -0.4 is 10.2 Å². The highest BCUT2D eigenvalue weighted by molar-refractivity contribution is 7.13. The Morgan fingerprint density at radius 1 is 1.30 bits per heavy atom. The summed E-state index contributed by atoms with van der Waals surface area (Å²) in [5.74, 6) is 1.88. The molecule has 1 N–H and O–H groups in total. The number of aromatic nitrogens is 1. The van der Waals surface area contributed by atoms with Crippen LogP contribution in [0.4, 0.5) is 5.13 Å². The maximum Gasteiger partial charge on any atom is 0.185 e. The standard InChI is InChI=1S/C16H27N3S/c1-3-8-17-12(2)15-11-20-16(18-15)19(9-13-4-5-13)10-14-6-7-14/h11-14,17H,3-10H2,1-2H3. The van der Waals surface area contributed by atoms with Gasteiger partial charge in [0.2, 0.25) is 0 Å². The van der Waals surface area contributed by atoms with E-state index in [2.05, 4.69) is 29.4 Å². The molecule has 3 nitrogen and oxygen atoms in total. The van der Waals surface area contributed by atoms with Gasteiger partial charge in [-0.2, -0.15) is 0 Å². The van der Waals surface area contributed by atoms with E-state index in [4.69, 9.17) is 4.98 Å². The molecular weight excluding hydrogens is 266 g/mol. The molecule has 2 aliphatic carbocycles. The molecule has 1 heterocycles. The molecule has 2 fully saturated rings. The molecule has 0 amide bonds. The first-order valence-electron chi connectivity index (χ1n) is 8.20. The first kappa shape index (κ1) is 14.3. The van der Waals surface area contributed by atoms with Crippen molar-refractivity contribution < 1.29 is 0 Å². The number of nitrogens with zero attached hydrogens (tertiary/aromatic N) is 2. The number of rotatable bonds is 9. The van der Waals surface area contributed by atoms with Crippen molar-refractivity contribution in [1.82, 2.24) is 10.3 Å². The Labute approximate surface area is 126 Å². The van der Waals surface area contributed by atoms with Crippen LogP contribution in [0, 0.1) is 11.8 Å². The topological polar surface area (TPSA) is 28.2 Å². The molecule has 1 atom stereocenters. The van der Waals surface area contributed by atoms with Crippen LogP contribution in [0.25, 0.3) is 0 Å². The predicted octanol–water partition coefficient (Wildman–Crippen LogP) is 3.83. The lowest BCUT2D eigenvalue weighted by molar-refractivity contribution is 0.560. The largest absolute Gasteiger partial charge is 0.348 e. The Morgan fingerprint density at radius 3 is 2.50 bits per heavy atom. The van der Waals surface area contributed by atoms with E-state index < -0.39 is 0 Å². The quantitative estimate of drug-likeness (QED) is 0.750. The summed E-state index contributed by atoms with van der Waals surface area (Å²) in [6.07, 6.45) is 6.88. The zero-order valence-electron chi connectivity index (χ0n) is 12.8. The monoisotopic (exact) mass is 293 g/mol. The smallest absolute Gasteiger partial charge is 0.185 e. The zero-order valence-corrected chi connectivity index (χ0v) is 13.6. The highest BCUT2D eigenvalue weighted by atomic mass is 32.1. The summed E-state index contributed by atoms with van der Waals surface area (Å²) in [6.45, 7) is 7.97. The fraction of sp³-hybridized carbons (Fsp3) is 0.812. The van der Waals surface area contributed by atoms with E-state index in [9.17, 15) is 0 Å². The summed E-state index contributed by atoms with van der Waals surface area (Å²) < 4.78 is 0. The summed E-state index contributed by atoms with van der Waals surface area (Å²) in [5.41, 5.74) is 1.22. The van der Waals surface area contributed by atoms with Gasteiger partial charge in [0.15, 0.2) is 5.13 Å². The molecular formula is C16H27N3S. The Bertz CT molecular complexity index is 409. The van der Waals surface area contributed by atoms with E-state index in [0.29, 0.717) is 6.04 Å². The molecule has 2 saturated carbocycles. The maximum absolute atomic E-state index is 4.91. The second-order valence-corrected chi connectivity index (χ2v) is 7.36. The van der Waals surface area contributed by atoms with Gasteiger partial charge in [0.05, 0.1) is 5.69 Å². The summed E-state index contributed by atoms with van der Waals surface area (Å²) >= 11 is 1.83. The third kappa shape index (κ3) is 3.95. The summed E-state index contributed by atoms with van der Waals surface area (Å²) in [4.78, 5) is 7.47. The van der Waals surface area contributed by atoms with Crippen molar-refractivity contribution in [3.63, 3.8) is 0 Å². The van der Waals surface area contributed by atoms with Crippen molar-refractivity contribution in [2.75, 3.05) is 24.5 Å². The van der Waals surface area contributed by atoms with Gasteiger partial charge in [-0.25, -0.2) is 4.98 Å². The SMILES string of the molecule is CCCNC(C)c1csc(N(CC2CC2)CC2CC2)n1. The molecule has 0 bridgehead atoms. The fourth-order valence-electron chi connectivity index (χ4n) is 2.54. The number of anilines is 1. The van der Waals surface area contributed by atoms with Crippen LogP contribution >= 0.6 is 11.3 Å². The lowest BCUT2D eigenvalue weighted by Crippen LogP contribution is -2.28. The van der Waals surface area contributed by atoms with Gasteiger partial charge in [0.25, 0.3) is 0 Å². The molecule has 20 heavy (non-hydrogen) atoms. The lowest BCUT2D eigenvalue weighted by atomic mass is 10.2. The minimum Gasteiger partial charge on any atom is -0.348 e. The van der Waals surface area contributed by atoms with Crippen LogP contribution in [-0.2, 0) is 0 Å². The van der Waals surface area contributed by atoms with Crippen molar-refractivity contribution in [2.45, 2.75) is 52.0 Å². The first-order valence-corrected chi connectivity index (χ1v) is 9.08. The van der Waals surface area contributed by atoms with Gasteiger partial charge < -0.3 is 10.2 Å². The average molecular weight is 293 g/mol. The first-order chi connectivity index (χ1) is 9.76. The van der Waals surface area contributed by atoms with Gasteiger partial charge in [0.1, 0.15) is 0 Å². The molecule has 112 valence electrons. The van der Waals surface area contributed by atoms with Gasteiger partial charge in [-0.1, -0.05) is 6.92 Å². The Kier molecular flexibility index (Phi) is 4.61. The molecule has 0 radical (unpaired) electrons. The second kappa shape index (κ2) is 6.44. The van der Waals surface area contributed by atoms with Crippen LogP contribution in [0.1, 0.15) is 57.7 Å². The van der Waals surface area contributed by atoms with Crippen LogP contribution in [0.15, 0.2) is 5.38 Å². The summed E-state index contributed by atoms with van der Waals surface area (Å²) in [7, 11) is 0. The Balaban J connectivity index is 1.62. The van der Waals surface area contributed by atoms with Gasteiger partial charge in [-0.05, 0) is 57.4 Å². The van der Waals surface area contributed by atoms with E-state index in [-0.39, 0.29) is 0 Å². The summed E-state index contributed by atoms with van der Waals surface area (Å²) in [6, 6.07) is 0.378. The number of nitrogens with one attached hydrogen (secondary N) is 1. The van der Waals surface area contributed by atoms with E-state index in [1.165, 1.54) is 56.0 Å². The van der Waals surface area contributed by atoms with Gasteiger partial charge in [-0.15, -0.1) is 11.3 Å².